The predicted octanol–water partition coefficient (Wildman–Crippen LogP) is 11.6. The topological polar surface area (TPSA) is 48.0 Å². The Bertz CT molecular complexity index is 1600. The lowest BCUT2D eigenvalue weighted by Gasteiger charge is -2.44. The molecule has 5 nitrogen and oxygen atoms in total. The molecule has 0 aliphatic carbocycles. The van der Waals surface area contributed by atoms with Crippen LogP contribution in [0.15, 0.2) is 103 Å². The number of esters is 1. The van der Waals surface area contributed by atoms with Crippen molar-refractivity contribution in [1.29, 1.82) is 0 Å². The second-order valence-corrected chi connectivity index (χ2v) is 20.4. The van der Waals surface area contributed by atoms with Crippen LogP contribution in [-0.2, 0) is 16.2 Å². The van der Waals surface area contributed by atoms with Gasteiger partial charge in [-0.1, -0.05) is 113 Å². The first kappa shape index (κ1) is 37.1. The Morgan fingerprint density at radius 2 is 1.25 bits per heavy atom. The quantitative estimate of drug-likeness (QED) is 0.0856. The lowest BCUT2D eigenvalue weighted by atomic mass is 9.92. The van der Waals surface area contributed by atoms with Crippen LogP contribution >= 0.6 is 0 Å². The van der Waals surface area contributed by atoms with E-state index in [1.54, 1.807) is 0 Å². The second kappa shape index (κ2) is 15.2. The van der Waals surface area contributed by atoms with Gasteiger partial charge in [-0.2, -0.15) is 5.06 Å². The first-order chi connectivity index (χ1) is 22.5. The van der Waals surface area contributed by atoms with E-state index >= 15 is 0 Å². The number of benzene rings is 4. The highest BCUT2D eigenvalue weighted by Gasteiger charge is 2.39. The average Bonchev–Trinajstić information content (AvgIpc) is 3.03. The summed E-state index contributed by atoms with van der Waals surface area (Å²) < 4.78 is 12.1. The van der Waals surface area contributed by atoms with Crippen molar-refractivity contribution in [3.05, 3.63) is 125 Å². The molecule has 0 radical (unpaired) electrons. The highest BCUT2D eigenvalue weighted by Crippen LogP contribution is 2.38. The minimum absolute atomic E-state index is 0.105. The lowest BCUT2D eigenvalue weighted by Crippen LogP contribution is -2.46. The van der Waals surface area contributed by atoms with Gasteiger partial charge in [0, 0.05) is 5.54 Å². The predicted molar refractivity (Wildman–Crippen MR) is 200 cm³/mol. The van der Waals surface area contributed by atoms with Crippen LogP contribution in [0.5, 0.6) is 5.75 Å². The largest absolute Gasteiger partial charge is 0.544 e. The Hall–Kier alpha value is -3.71. The van der Waals surface area contributed by atoms with Crippen molar-refractivity contribution in [3.63, 3.8) is 0 Å². The van der Waals surface area contributed by atoms with E-state index in [1.165, 1.54) is 5.56 Å². The molecule has 2 atom stereocenters. The highest BCUT2D eigenvalue weighted by atomic mass is 28.4. The van der Waals surface area contributed by atoms with Gasteiger partial charge in [0.15, 0.2) is 0 Å². The Morgan fingerprint density at radius 1 is 0.708 bits per heavy atom. The number of hydrogen-bond acceptors (Lipinski definition) is 5. The molecule has 0 N–H and O–H groups in total. The molecule has 4 rings (SSSR count). The summed E-state index contributed by atoms with van der Waals surface area (Å²) in [7, 11) is -1.89. The van der Waals surface area contributed by atoms with Gasteiger partial charge in [-0.25, -0.2) is 4.79 Å². The van der Waals surface area contributed by atoms with E-state index < -0.39 is 8.32 Å². The molecule has 0 bridgehead atoms. The second-order valence-electron chi connectivity index (χ2n) is 15.6. The summed E-state index contributed by atoms with van der Waals surface area (Å²) >= 11 is 0. The third-order valence-corrected chi connectivity index (χ3v) is 13.6. The minimum atomic E-state index is -1.89. The third-order valence-electron chi connectivity index (χ3n) is 9.26. The van der Waals surface area contributed by atoms with Gasteiger partial charge in [-0.15, -0.1) is 0 Å². The van der Waals surface area contributed by atoms with Gasteiger partial charge >= 0.3 is 5.97 Å². The van der Waals surface area contributed by atoms with Gasteiger partial charge < -0.3 is 9.16 Å². The molecule has 0 aliphatic rings. The Morgan fingerprint density at radius 3 is 1.75 bits per heavy atom. The number of hydroxylamine groups is 2. The molecule has 6 heteroatoms. The maximum Gasteiger partial charge on any atom is 0.338 e. The number of rotatable bonds is 12. The van der Waals surface area contributed by atoms with Crippen LogP contribution in [0, 0.1) is 5.92 Å². The van der Waals surface area contributed by atoms with Crippen LogP contribution in [0.2, 0.25) is 18.1 Å². The molecule has 0 fully saturated rings. The maximum absolute atomic E-state index is 12.9. The first-order valence-electron chi connectivity index (χ1n) is 17.1. The molecule has 0 amide bonds. The zero-order valence-corrected chi connectivity index (χ0v) is 31.8. The molecule has 0 spiro atoms. The standard InChI is InChI=1S/C42H55NO4Si/c1-30(2)39(36-15-13-12-14-16-36)43(41(4,5)6)46-31(3)33-19-17-32(18-20-33)29-45-40(44)37-23-21-34(22-24-37)35-25-27-38(28-26-35)47-48(10,11)42(7,8)9/h12-28,30-31,39H,29H2,1-11H3. The molecule has 0 aromatic heterocycles. The summed E-state index contributed by atoms with van der Waals surface area (Å²) in [6.45, 7) is 24.5. The van der Waals surface area contributed by atoms with E-state index in [1.807, 2.05) is 54.6 Å². The summed E-state index contributed by atoms with van der Waals surface area (Å²) in [6.07, 6.45) is -0.162. The summed E-state index contributed by atoms with van der Waals surface area (Å²) in [5.74, 6) is 0.906. The van der Waals surface area contributed by atoms with Crippen molar-refractivity contribution in [2.45, 2.75) is 105 Å². The molecule has 0 saturated carbocycles. The molecule has 0 saturated heterocycles. The summed E-state index contributed by atoms with van der Waals surface area (Å²) in [5, 5.41) is 2.29. The van der Waals surface area contributed by atoms with Gasteiger partial charge in [0.1, 0.15) is 18.5 Å². The van der Waals surface area contributed by atoms with Crippen molar-refractivity contribution < 1.29 is 18.8 Å². The van der Waals surface area contributed by atoms with Gasteiger partial charge in [0.05, 0.1) is 11.6 Å². The van der Waals surface area contributed by atoms with Crippen molar-refractivity contribution in [1.82, 2.24) is 5.06 Å². The van der Waals surface area contributed by atoms with Gasteiger partial charge in [-0.05, 0) is 104 Å². The fourth-order valence-corrected chi connectivity index (χ4v) is 6.42. The summed E-state index contributed by atoms with van der Waals surface area (Å²) in [5.41, 5.74) is 5.64. The Balaban J connectivity index is 1.35. The molecular formula is C42H55NO4Si. The smallest absolute Gasteiger partial charge is 0.338 e. The molecular weight excluding hydrogens is 611 g/mol. The van der Waals surface area contributed by atoms with E-state index in [-0.39, 0.29) is 35.3 Å². The van der Waals surface area contributed by atoms with Gasteiger partial charge in [0.25, 0.3) is 0 Å². The number of carbonyl (C=O) groups excluding carboxylic acids is 1. The number of ether oxygens (including phenoxy) is 1. The zero-order chi connectivity index (χ0) is 35.3. The zero-order valence-electron chi connectivity index (χ0n) is 30.8. The van der Waals surface area contributed by atoms with Crippen molar-refractivity contribution in [2.75, 3.05) is 0 Å². The molecule has 2 unspecified atom stereocenters. The average molecular weight is 666 g/mol. The molecule has 48 heavy (non-hydrogen) atoms. The summed E-state index contributed by atoms with van der Waals surface area (Å²) in [4.78, 5) is 19.6. The SMILES string of the molecule is CC(ON(C(c1ccccc1)C(C)C)C(C)(C)C)c1ccc(COC(=O)c2ccc(-c3ccc(O[Si](C)(C)C(C)(C)C)cc3)cc2)cc1. The van der Waals surface area contributed by atoms with Crippen molar-refractivity contribution in [3.8, 4) is 16.9 Å². The first-order valence-corrected chi connectivity index (χ1v) is 20.0. The Kier molecular flexibility index (Phi) is 11.8. The van der Waals surface area contributed by atoms with E-state index in [0.717, 1.165) is 28.0 Å². The normalized spacial score (nSPS) is 13.8. The van der Waals surface area contributed by atoms with Gasteiger partial charge in [-0.3, -0.25) is 4.84 Å². The number of nitrogens with zero attached hydrogens (tertiary/aromatic N) is 1. The fourth-order valence-electron chi connectivity index (χ4n) is 5.39. The third kappa shape index (κ3) is 9.46. The molecule has 0 aliphatic heterocycles. The highest BCUT2D eigenvalue weighted by molar-refractivity contribution is 6.74. The maximum atomic E-state index is 12.9. The van der Waals surface area contributed by atoms with E-state index in [0.29, 0.717) is 11.5 Å². The van der Waals surface area contributed by atoms with E-state index in [9.17, 15) is 4.79 Å². The van der Waals surface area contributed by atoms with Crippen molar-refractivity contribution >= 4 is 14.3 Å². The summed E-state index contributed by atoms with van der Waals surface area (Å²) in [6, 6.07) is 34.5. The fraction of sp³-hybridized carbons (Fsp3) is 0.405. The molecule has 0 heterocycles. The van der Waals surface area contributed by atoms with Crippen LogP contribution in [0.4, 0.5) is 0 Å². The Labute approximate surface area is 290 Å². The lowest BCUT2D eigenvalue weighted by molar-refractivity contribution is -0.272. The van der Waals surface area contributed by atoms with E-state index in [2.05, 4.69) is 129 Å². The van der Waals surface area contributed by atoms with E-state index in [4.69, 9.17) is 14.0 Å². The monoisotopic (exact) mass is 665 g/mol. The van der Waals surface area contributed by atoms with Crippen molar-refractivity contribution in [2.24, 2.45) is 5.92 Å². The van der Waals surface area contributed by atoms with Crippen LogP contribution in [0.25, 0.3) is 11.1 Å². The van der Waals surface area contributed by atoms with Crippen LogP contribution in [0.3, 0.4) is 0 Å². The molecule has 4 aromatic rings. The molecule has 4 aromatic carbocycles. The number of hydrogen-bond donors (Lipinski definition) is 0. The van der Waals surface area contributed by atoms with Gasteiger partial charge in [0.2, 0.25) is 8.32 Å². The molecule has 256 valence electrons. The van der Waals surface area contributed by atoms with Crippen LogP contribution in [0.1, 0.15) is 102 Å². The van der Waals surface area contributed by atoms with Crippen LogP contribution < -0.4 is 4.43 Å². The number of carbonyl (C=O) groups is 1. The minimum Gasteiger partial charge on any atom is -0.544 e. The van der Waals surface area contributed by atoms with Crippen LogP contribution in [-0.4, -0.2) is 24.9 Å².